The Morgan fingerprint density at radius 2 is 1.51 bits per heavy atom. The number of ether oxygens (including phenoxy) is 3. The number of hydrogen-bond donors (Lipinski definition) is 1. The Kier molecular flexibility index (Phi) is 9.39. The van der Waals surface area contributed by atoms with E-state index in [9.17, 15) is 14.7 Å². The number of carbonyl (C=O) groups excluding carboxylic acids is 2. The average Bonchev–Trinajstić information content (AvgIpc) is 3.21. The van der Waals surface area contributed by atoms with E-state index in [1.807, 2.05) is 55.5 Å². The molecule has 1 aliphatic rings. The zero-order valence-corrected chi connectivity index (χ0v) is 22.7. The van der Waals surface area contributed by atoms with Crippen LogP contribution < -0.4 is 9.47 Å². The van der Waals surface area contributed by atoms with E-state index in [1.54, 1.807) is 24.3 Å². The minimum absolute atomic E-state index is 0.0454. The molecule has 39 heavy (non-hydrogen) atoms. The summed E-state index contributed by atoms with van der Waals surface area (Å²) in [6.45, 7) is 5.63. The summed E-state index contributed by atoms with van der Waals surface area (Å²) in [5.41, 5.74) is 3.40. The van der Waals surface area contributed by atoms with Gasteiger partial charge in [-0.1, -0.05) is 55.3 Å². The predicted molar refractivity (Wildman–Crippen MR) is 150 cm³/mol. The number of ketones is 1. The lowest BCUT2D eigenvalue weighted by Gasteiger charge is -2.25. The normalized spacial score (nSPS) is 16.5. The maximum Gasteiger partial charge on any atom is 0.295 e. The molecule has 3 aromatic rings. The van der Waals surface area contributed by atoms with Gasteiger partial charge in [-0.05, 0) is 60.9 Å². The Labute approximate surface area is 229 Å². The second-order valence-corrected chi connectivity index (χ2v) is 9.55. The fraction of sp³-hybridized carbons (Fsp3) is 0.312. The number of aliphatic hydroxyl groups excluding tert-OH is 1. The largest absolute Gasteiger partial charge is 0.507 e. The van der Waals surface area contributed by atoms with E-state index in [-0.39, 0.29) is 24.5 Å². The number of Topliss-reactive ketones (excluding diaryl/α,β-unsaturated/α-hetero) is 1. The molecule has 1 fully saturated rings. The van der Waals surface area contributed by atoms with Crippen LogP contribution in [0.4, 0.5) is 0 Å². The van der Waals surface area contributed by atoms with Gasteiger partial charge in [-0.15, -0.1) is 0 Å². The third-order valence-corrected chi connectivity index (χ3v) is 6.69. The molecule has 0 radical (unpaired) electrons. The van der Waals surface area contributed by atoms with Crippen LogP contribution in [0.2, 0.25) is 0 Å². The first kappa shape index (κ1) is 27.9. The van der Waals surface area contributed by atoms with Crippen molar-refractivity contribution in [3.05, 3.63) is 101 Å². The number of carbonyl (C=O) groups is 2. The van der Waals surface area contributed by atoms with Gasteiger partial charge in [0.05, 0.1) is 24.8 Å². The van der Waals surface area contributed by atoms with Gasteiger partial charge in [0.15, 0.2) is 0 Å². The number of nitrogens with zero attached hydrogens (tertiary/aromatic N) is 1. The zero-order valence-electron chi connectivity index (χ0n) is 22.7. The van der Waals surface area contributed by atoms with Gasteiger partial charge in [0.25, 0.3) is 11.7 Å². The van der Waals surface area contributed by atoms with E-state index in [2.05, 4.69) is 6.92 Å². The van der Waals surface area contributed by atoms with Gasteiger partial charge in [0, 0.05) is 19.2 Å². The summed E-state index contributed by atoms with van der Waals surface area (Å²) in [6.07, 6.45) is 1.99. The van der Waals surface area contributed by atoms with Crippen molar-refractivity contribution in [3.63, 3.8) is 0 Å². The second kappa shape index (κ2) is 13.1. The first-order valence-corrected chi connectivity index (χ1v) is 13.2. The highest BCUT2D eigenvalue weighted by molar-refractivity contribution is 6.46. The Morgan fingerprint density at radius 1 is 0.872 bits per heavy atom. The van der Waals surface area contributed by atoms with Gasteiger partial charge in [-0.3, -0.25) is 9.59 Å². The van der Waals surface area contributed by atoms with E-state index in [1.165, 1.54) is 17.6 Å². The van der Waals surface area contributed by atoms with Gasteiger partial charge in [0.2, 0.25) is 0 Å². The summed E-state index contributed by atoms with van der Waals surface area (Å²) in [7, 11) is 1.54. The molecular weight excluding hydrogens is 494 g/mol. The van der Waals surface area contributed by atoms with Crippen molar-refractivity contribution in [3.8, 4) is 11.5 Å². The highest BCUT2D eigenvalue weighted by atomic mass is 16.5. The number of benzene rings is 3. The lowest BCUT2D eigenvalue weighted by Crippen LogP contribution is -2.32. The van der Waals surface area contributed by atoms with Crippen LogP contribution in [-0.4, -0.2) is 48.6 Å². The molecule has 1 atom stereocenters. The topological polar surface area (TPSA) is 85.3 Å². The molecule has 0 aliphatic carbocycles. The van der Waals surface area contributed by atoms with Crippen molar-refractivity contribution in [2.75, 3.05) is 26.9 Å². The lowest BCUT2D eigenvalue weighted by atomic mass is 9.95. The Balaban J connectivity index is 1.60. The van der Waals surface area contributed by atoms with E-state index in [0.29, 0.717) is 35.8 Å². The molecule has 1 unspecified atom stereocenters. The van der Waals surface area contributed by atoms with Crippen LogP contribution >= 0.6 is 0 Å². The molecule has 1 heterocycles. The van der Waals surface area contributed by atoms with Crippen LogP contribution in [0.1, 0.15) is 48.1 Å². The maximum atomic E-state index is 13.2. The molecule has 4 rings (SSSR count). The molecule has 0 aromatic heterocycles. The summed E-state index contributed by atoms with van der Waals surface area (Å²) in [5.74, 6) is -0.284. The summed E-state index contributed by atoms with van der Waals surface area (Å²) in [4.78, 5) is 27.6. The van der Waals surface area contributed by atoms with Crippen LogP contribution in [0.25, 0.3) is 5.76 Å². The van der Waals surface area contributed by atoms with E-state index >= 15 is 0 Å². The quantitative estimate of drug-likeness (QED) is 0.138. The molecule has 1 aliphatic heterocycles. The average molecular weight is 530 g/mol. The number of amides is 1. The van der Waals surface area contributed by atoms with Gasteiger partial charge in [-0.2, -0.15) is 0 Å². The number of unbranched alkanes of at least 4 members (excludes halogenated alkanes) is 1. The van der Waals surface area contributed by atoms with Crippen molar-refractivity contribution < 1.29 is 28.9 Å². The Hall–Kier alpha value is -4.10. The predicted octanol–water partition coefficient (Wildman–Crippen LogP) is 5.82. The third-order valence-electron chi connectivity index (χ3n) is 6.69. The Morgan fingerprint density at radius 3 is 2.15 bits per heavy atom. The molecule has 1 N–H and O–H groups in total. The van der Waals surface area contributed by atoms with Crippen LogP contribution in [0, 0.1) is 6.92 Å². The van der Waals surface area contributed by atoms with Crippen LogP contribution in [0.3, 0.4) is 0 Å². The number of hydrogen-bond acceptors (Lipinski definition) is 6. The molecule has 7 heteroatoms. The minimum Gasteiger partial charge on any atom is -0.507 e. The summed E-state index contributed by atoms with van der Waals surface area (Å²) in [5, 5.41) is 11.3. The highest BCUT2D eigenvalue weighted by Crippen LogP contribution is 2.39. The molecule has 0 spiro atoms. The van der Waals surface area contributed by atoms with Gasteiger partial charge < -0.3 is 24.2 Å². The van der Waals surface area contributed by atoms with Crippen LogP contribution in [0.15, 0.2) is 78.4 Å². The maximum absolute atomic E-state index is 13.2. The van der Waals surface area contributed by atoms with Crippen molar-refractivity contribution in [1.82, 2.24) is 4.90 Å². The summed E-state index contributed by atoms with van der Waals surface area (Å²) >= 11 is 0. The van der Waals surface area contributed by atoms with Crippen molar-refractivity contribution in [1.29, 1.82) is 0 Å². The molecule has 204 valence electrons. The van der Waals surface area contributed by atoms with Gasteiger partial charge in [-0.25, -0.2) is 0 Å². The molecule has 3 aromatic carbocycles. The molecule has 7 nitrogen and oxygen atoms in total. The van der Waals surface area contributed by atoms with Gasteiger partial charge in [0.1, 0.15) is 23.9 Å². The minimum atomic E-state index is -0.748. The number of aliphatic hydroxyl groups is 1. The van der Waals surface area contributed by atoms with Crippen molar-refractivity contribution >= 4 is 17.4 Å². The summed E-state index contributed by atoms with van der Waals surface area (Å²) < 4.78 is 16.8. The standard InChI is InChI=1S/C32H35NO6/c1-4-5-19-38-26-14-10-24(11-15-26)29-28(31(35)32(36)33(29)18-20-37-3)30(34)25-12-16-27(17-13-25)39-21-23-8-6-22(2)7-9-23/h6-17,29,34H,4-5,18-21H2,1-3H3. The monoisotopic (exact) mass is 529 g/mol. The number of likely N-dealkylation sites (tertiary alicyclic amines) is 1. The third kappa shape index (κ3) is 6.67. The summed E-state index contributed by atoms with van der Waals surface area (Å²) in [6, 6.07) is 21.5. The van der Waals surface area contributed by atoms with E-state index in [0.717, 1.165) is 18.4 Å². The molecule has 0 bridgehead atoms. The molecule has 1 saturated heterocycles. The second-order valence-electron chi connectivity index (χ2n) is 9.55. The first-order valence-electron chi connectivity index (χ1n) is 13.2. The van der Waals surface area contributed by atoms with Crippen LogP contribution in [-0.2, 0) is 20.9 Å². The smallest absolute Gasteiger partial charge is 0.295 e. The van der Waals surface area contributed by atoms with Crippen molar-refractivity contribution in [2.45, 2.75) is 39.3 Å². The fourth-order valence-electron chi connectivity index (χ4n) is 4.44. The van der Waals surface area contributed by atoms with E-state index in [4.69, 9.17) is 14.2 Å². The van der Waals surface area contributed by atoms with Crippen molar-refractivity contribution in [2.24, 2.45) is 0 Å². The first-order chi connectivity index (χ1) is 18.9. The number of methoxy groups -OCH3 is 1. The number of aryl methyl sites for hydroxylation is 1. The fourth-order valence-corrected chi connectivity index (χ4v) is 4.44. The lowest BCUT2D eigenvalue weighted by molar-refractivity contribution is -0.140. The zero-order chi connectivity index (χ0) is 27.8. The van der Waals surface area contributed by atoms with E-state index < -0.39 is 17.7 Å². The number of rotatable bonds is 12. The van der Waals surface area contributed by atoms with Gasteiger partial charge >= 0.3 is 0 Å². The molecular formula is C32H35NO6. The molecule has 0 saturated carbocycles. The van der Waals surface area contributed by atoms with Crippen LogP contribution in [0.5, 0.6) is 11.5 Å². The molecule has 1 amide bonds. The highest BCUT2D eigenvalue weighted by Gasteiger charge is 2.45. The Bertz CT molecular complexity index is 1300. The SMILES string of the molecule is CCCCOc1ccc(C2C(=C(O)c3ccc(OCc4ccc(C)cc4)cc3)C(=O)C(=O)N2CCOC)cc1.